The molecule has 4 rings (SSSR count). The molecule has 0 aliphatic rings. The van der Waals surface area contributed by atoms with Crippen molar-refractivity contribution < 1.29 is 9.21 Å². The van der Waals surface area contributed by atoms with Crippen LogP contribution in [-0.2, 0) is 11.3 Å². The number of nitrogens with zero attached hydrogens (tertiary/aromatic N) is 3. The first-order chi connectivity index (χ1) is 13.0. The molecule has 0 bridgehead atoms. The Bertz CT molecular complexity index is 1190. The third-order valence-corrected chi connectivity index (χ3v) is 5.05. The zero-order chi connectivity index (χ0) is 19.0. The number of furan rings is 1. The lowest BCUT2D eigenvalue weighted by Crippen LogP contribution is -2.30. The number of carbonyl (C=O) groups is 1. The quantitative estimate of drug-likeness (QED) is 0.586. The second-order valence-corrected chi connectivity index (χ2v) is 7.27. The first kappa shape index (κ1) is 17.2. The van der Waals surface area contributed by atoms with Crippen LogP contribution >= 0.6 is 11.3 Å². The molecule has 0 aliphatic carbocycles. The monoisotopic (exact) mass is 380 g/mol. The number of carbonyl (C=O) groups excluding carboxylic acids is 1. The van der Waals surface area contributed by atoms with Crippen molar-refractivity contribution in [1.82, 2.24) is 14.8 Å². The van der Waals surface area contributed by atoms with E-state index in [1.807, 2.05) is 38.1 Å². The second kappa shape index (κ2) is 6.81. The predicted molar refractivity (Wildman–Crippen MR) is 104 cm³/mol. The fourth-order valence-corrected chi connectivity index (χ4v) is 3.69. The van der Waals surface area contributed by atoms with Crippen LogP contribution in [-0.4, -0.2) is 20.7 Å². The minimum absolute atomic E-state index is 0.215. The van der Waals surface area contributed by atoms with Crippen molar-refractivity contribution in [2.45, 2.75) is 20.4 Å². The lowest BCUT2D eigenvalue weighted by molar-refractivity contribution is -0.117. The van der Waals surface area contributed by atoms with Crippen LogP contribution in [0.5, 0.6) is 0 Å². The Morgan fingerprint density at radius 2 is 2.04 bits per heavy atom. The van der Waals surface area contributed by atoms with Crippen LogP contribution in [0.3, 0.4) is 0 Å². The first-order valence-corrected chi connectivity index (χ1v) is 9.12. The number of anilines is 1. The van der Waals surface area contributed by atoms with Crippen LogP contribution in [0.4, 0.5) is 5.69 Å². The summed E-state index contributed by atoms with van der Waals surface area (Å²) in [6.07, 6.45) is 1.54. The van der Waals surface area contributed by atoms with Gasteiger partial charge in [0.15, 0.2) is 11.3 Å². The van der Waals surface area contributed by atoms with Crippen LogP contribution in [0, 0.1) is 13.8 Å². The van der Waals surface area contributed by atoms with E-state index in [9.17, 15) is 9.59 Å². The Balaban J connectivity index is 1.73. The molecule has 27 heavy (non-hydrogen) atoms. The van der Waals surface area contributed by atoms with Gasteiger partial charge in [0.05, 0.1) is 16.0 Å². The van der Waals surface area contributed by atoms with Crippen molar-refractivity contribution in [3.8, 4) is 11.5 Å². The summed E-state index contributed by atoms with van der Waals surface area (Å²) in [6.45, 7) is 3.51. The molecule has 0 radical (unpaired) electrons. The average molecular weight is 380 g/mol. The van der Waals surface area contributed by atoms with E-state index in [0.717, 1.165) is 15.3 Å². The normalized spacial score (nSPS) is 11.0. The summed E-state index contributed by atoms with van der Waals surface area (Å²) in [5, 5.41) is 7.94. The average Bonchev–Trinajstić information content (AvgIpc) is 3.29. The van der Waals surface area contributed by atoms with Crippen molar-refractivity contribution in [3.05, 3.63) is 63.6 Å². The summed E-state index contributed by atoms with van der Waals surface area (Å²) in [7, 11) is 0. The fourth-order valence-electron chi connectivity index (χ4n) is 2.79. The van der Waals surface area contributed by atoms with Crippen molar-refractivity contribution in [3.63, 3.8) is 0 Å². The van der Waals surface area contributed by atoms with Gasteiger partial charge in [0.1, 0.15) is 12.2 Å². The number of thiazole rings is 1. The SMILES string of the molecule is Cc1nc2c(=O)n(CC(=O)Nc3ccccc3C)nc(-c3ccco3)c2s1. The summed E-state index contributed by atoms with van der Waals surface area (Å²) in [5.74, 6) is 0.187. The Morgan fingerprint density at radius 3 is 2.78 bits per heavy atom. The summed E-state index contributed by atoms with van der Waals surface area (Å²) < 4.78 is 7.24. The highest BCUT2D eigenvalue weighted by molar-refractivity contribution is 7.19. The number of para-hydroxylation sites is 1. The van der Waals surface area contributed by atoms with Crippen LogP contribution in [0.2, 0.25) is 0 Å². The number of rotatable bonds is 4. The lowest BCUT2D eigenvalue weighted by atomic mass is 10.2. The van der Waals surface area contributed by atoms with Gasteiger partial charge in [-0.1, -0.05) is 18.2 Å². The molecule has 8 heteroatoms. The molecular weight excluding hydrogens is 364 g/mol. The van der Waals surface area contributed by atoms with E-state index < -0.39 is 5.56 Å². The van der Waals surface area contributed by atoms with E-state index in [1.54, 1.807) is 12.1 Å². The summed E-state index contributed by atoms with van der Waals surface area (Å²) >= 11 is 1.38. The van der Waals surface area contributed by atoms with Crippen molar-refractivity contribution >= 4 is 33.1 Å². The highest BCUT2D eigenvalue weighted by Gasteiger charge is 2.19. The Hall–Kier alpha value is -3.26. The number of hydrogen-bond donors (Lipinski definition) is 1. The summed E-state index contributed by atoms with van der Waals surface area (Å²) in [5.41, 5.74) is 2.04. The number of benzene rings is 1. The van der Waals surface area contributed by atoms with E-state index in [1.165, 1.54) is 17.6 Å². The molecule has 0 spiro atoms. The molecule has 1 aromatic carbocycles. The zero-order valence-electron chi connectivity index (χ0n) is 14.7. The van der Waals surface area contributed by atoms with Crippen LogP contribution in [0.25, 0.3) is 21.7 Å². The third-order valence-electron chi connectivity index (χ3n) is 4.07. The third kappa shape index (κ3) is 3.26. The molecule has 0 fully saturated rings. The Labute approximate surface area is 158 Å². The molecule has 7 nitrogen and oxygen atoms in total. The highest BCUT2D eigenvalue weighted by Crippen LogP contribution is 2.29. The molecule has 0 unspecified atom stereocenters. The van der Waals surface area contributed by atoms with E-state index in [-0.39, 0.29) is 12.5 Å². The molecule has 0 saturated heterocycles. The van der Waals surface area contributed by atoms with Gasteiger partial charge in [0.2, 0.25) is 5.91 Å². The van der Waals surface area contributed by atoms with Gasteiger partial charge in [-0.25, -0.2) is 9.67 Å². The topological polar surface area (TPSA) is 90.0 Å². The van der Waals surface area contributed by atoms with Gasteiger partial charge in [-0.15, -0.1) is 11.3 Å². The molecule has 4 aromatic rings. The maximum atomic E-state index is 12.8. The first-order valence-electron chi connectivity index (χ1n) is 8.30. The van der Waals surface area contributed by atoms with Gasteiger partial charge >= 0.3 is 0 Å². The van der Waals surface area contributed by atoms with Gasteiger partial charge in [0.25, 0.3) is 5.56 Å². The van der Waals surface area contributed by atoms with Crippen molar-refractivity contribution in [2.75, 3.05) is 5.32 Å². The van der Waals surface area contributed by atoms with Crippen LogP contribution in [0.15, 0.2) is 51.9 Å². The Morgan fingerprint density at radius 1 is 1.22 bits per heavy atom. The maximum Gasteiger partial charge on any atom is 0.294 e. The van der Waals surface area contributed by atoms with Crippen molar-refractivity contribution in [1.29, 1.82) is 0 Å². The highest BCUT2D eigenvalue weighted by atomic mass is 32.1. The predicted octanol–water partition coefficient (Wildman–Crippen LogP) is 3.37. The van der Waals surface area contributed by atoms with Crippen molar-refractivity contribution in [2.24, 2.45) is 0 Å². The summed E-state index contributed by atoms with van der Waals surface area (Å²) in [4.78, 5) is 29.5. The van der Waals surface area contributed by atoms with Gasteiger partial charge in [-0.3, -0.25) is 9.59 Å². The Kier molecular flexibility index (Phi) is 4.33. The maximum absolute atomic E-state index is 12.8. The van der Waals surface area contributed by atoms with Gasteiger partial charge in [-0.05, 0) is 37.6 Å². The van der Waals surface area contributed by atoms with Gasteiger partial charge < -0.3 is 9.73 Å². The molecule has 0 saturated carbocycles. The largest absolute Gasteiger partial charge is 0.463 e. The number of fused-ring (bicyclic) bond motifs is 1. The number of aryl methyl sites for hydroxylation is 2. The smallest absolute Gasteiger partial charge is 0.294 e. The molecule has 1 N–H and O–H groups in total. The summed E-state index contributed by atoms with van der Waals surface area (Å²) in [6, 6.07) is 11.0. The van der Waals surface area contributed by atoms with Crippen LogP contribution in [0.1, 0.15) is 10.6 Å². The number of amides is 1. The molecule has 0 atom stereocenters. The minimum atomic E-state index is -0.399. The number of hydrogen-bond acceptors (Lipinski definition) is 6. The van der Waals surface area contributed by atoms with Crippen LogP contribution < -0.4 is 10.9 Å². The lowest BCUT2D eigenvalue weighted by Gasteiger charge is -2.10. The minimum Gasteiger partial charge on any atom is -0.463 e. The fraction of sp³-hybridized carbons (Fsp3) is 0.158. The zero-order valence-corrected chi connectivity index (χ0v) is 15.5. The van der Waals surface area contributed by atoms with Gasteiger partial charge in [-0.2, -0.15) is 5.10 Å². The standard InChI is InChI=1S/C19H16N4O3S/c1-11-6-3-4-7-13(11)21-15(24)10-23-19(25)17-18(27-12(2)20-17)16(22-23)14-8-5-9-26-14/h3-9H,10H2,1-2H3,(H,21,24). The molecule has 1 amide bonds. The van der Waals surface area contributed by atoms with E-state index in [4.69, 9.17) is 4.42 Å². The molecule has 136 valence electrons. The van der Waals surface area contributed by atoms with E-state index >= 15 is 0 Å². The molecular formula is C19H16N4O3S. The number of aromatic nitrogens is 3. The van der Waals surface area contributed by atoms with E-state index in [2.05, 4.69) is 15.4 Å². The molecule has 3 aromatic heterocycles. The second-order valence-electron chi connectivity index (χ2n) is 6.06. The molecule has 3 heterocycles. The number of nitrogens with one attached hydrogen (secondary N) is 1. The van der Waals surface area contributed by atoms with Gasteiger partial charge in [0, 0.05) is 5.69 Å². The molecule has 0 aliphatic heterocycles. The van der Waals surface area contributed by atoms with E-state index in [0.29, 0.717) is 27.4 Å².